The molecule has 0 fully saturated rings. The van der Waals surface area contributed by atoms with Crippen LogP contribution >= 0.6 is 0 Å². The fourth-order valence-electron chi connectivity index (χ4n) is 1.33. The number of ketones is 1. The lowest BCUT2D eigenvalue weighted by atomic mass is 9.91. The number of alkyl halides is 3. The topological polar surface area (TPSA) is 127 Å². The molecule has 0 aliphatic carbocycles. The molecule has 0 aromatic carbocycles. The van der Waals surface area contributed by atoms with Gasteiger partial charge >= 0.3 is 18.1 Å². The number of hydrogen-bond acceptors (Lipinski definition) is 6. The van der Waals surface area contributed by atoms with Gasteiger partial charge in [0.25, 0.3) is 0 Å². The second kappa shape index (κ2) is 9.46. The molecule has 2 atom stereocenters. The summed E-state index contributed by atoms with van der Waals surface area (Å²) >= 11 is 0. The van der Waals surface area contributed by atoms with Crippen LogP contribution in [-0.2, 0) is 19.1 Å². The number of Topliss-reactive ketones (excluding diaryl/α,β-unsaturated/α-hetero) is 1. The normalized spacial score (nSPS) is 15.0. The van der Waals surface area contributed by atoms with Crippen LogP contribution in [0.4, 0.5) is 13.2 Å². The lowest BCUT2D eigenvalue weighted by molar-refractivity contribution is -0.192. The van der Waals surface area contributed by atoms with Crippen LogP contribution in [0.25, 0.3) is 0 Å². The summed E-state index contributed by atoms with van der Waals surface area (Å²) in [5, 5.41) is 16.9. The first-order valence-corrected chi connectivity index (χ1v) is 6.57. The minimum atomic E-state index is -5.08. The average Bonchev–Trinajstić information content (AvgIpc) is 2.34. The third-order valence-electron chi connectivity index (χ3n) is 2.39. The molecule has 0 saturated heterocycles. The second-order valence-corrected chi connectivity index (χ2v) is 5.46. The van der Waals surface area contributed by atoms with Crippen molar-refractivity contribution in [2.24, 2.45) is 11.7 Å². The van der Waals surface area contributed by atoms with E-state index in [4.69, 9.17) is 15.6 Å². The highest BCUT2D eigenvalue weighted by Gasteiger charge is 2.38. The number of carboxylic acids is 1. The third-order valence-corrected chi connectivity index (χ3v) is 2.39. The van der Waals surface area contributed by atoms with Gasteiger partial charge in [-0.1, -0.05) is 13.8 Å². The van der Waals surface area contributed by atoms with Crippen LogP contribution in [0, 0.1) is 5.92 Å². The van der Waals surface area contributed by atoms with Gasteiger partial charge in [-0.3, -0.25) is 9.59 Å². The van der Waals surface area contributed by atoms with Gasteiger partial charge in [0.15, 0.2) is 11.4 Å². The van der Waals surface area contributed by atoms with E-state index in [0.717, 1.165) is 0 Å². The van der Waals surface area contributed by atoms with E-state index in [1.807, 2.05) is 13.8 Å². The number of aliphatic carboxylic acids is 1. The van der Waals surface area contributed by atoms with Gasteiger partial charge in [0.1, 0.15) is 6.61 Å². The Morgan fingerprint density at radius 2 is 1.61 bits per heavy atom. The Hall–Kier alpha value is -1.68. The molecular formula is C13H22F3NO6. The number of ether oxygens (including phenoxy) is 1. The molecule has 0 rings (SSSR count). The predicted molar refractivity (Wildman–Crippen MR) is 73.4 cm³/mol. The molecule has 0 bridgehead atoms. The molecule has 4 N–H and O–H groups in total. The molecule has 0 aromatic rings. The number of halogens is 3. The molecule has 0 unspecified atom stereocenters. The van der Waals surface area contributed by atoms with Crippen LogP contribution in [0.2, 0.25) is 0 Å². The summed E-state index contributed by atoms with van der Waals surface area (Å²) in [4.78, 5) is 31.2. The van der Waals surface area contributed by atoms with Gasteiger partial charge in [-0.25, -0.2) is 4.79 Å². The van der Waals surface area contributed by atoms with Crippen LogP contribution in [0.3, 0.4) is 0 Å². The molecule has 0 amide bonds. The summed E-state index contributed by atoms with van der Waals surface area (Å²) < 4.78 is 36.4. The number of hydrogen-bond donors (Lipinski definition) is 3. The second-order valence-electron chi connectivity index (χ2n) is 5.46. The van der Waals surface area contributed by atoms with E-state index in [0.29, 0.717) is 6.42 Å². The molecule has 10 heteroatoms. The Morgan fingerprint density at radius 3 is 1.87 bits per heavy atom. The van der Waals surface area contributed by atoms with Crippen molar-refractivity contribution in [1.82, 2.24) is 0 Å². The average molecular weight is 345 g/mol. The minimum absolute atomic E-state index is 0.267. The molecule has 0 spiro atoms. The van der Waals surface area contributed by atoms with E-state index >= 15 is 0 Å². The van der Waals surface area contributed by atoms with Crippen LogP contribution in [0.5, 0.6) is 0 Å². The summed E-state index contributed by atoms with van der Waals surface area (Å²) in [5.74, 6) is -3.52. The smallest absolute Gasteiger partial charge is 0.475 e. The molecular weight excluding hydrogens is 323 g/mol. The van der Waals surface area contributed by atoms with Gasteiger partial charge in [0.05, 0.1) is 6.04 Å². The van der Waals surface area contributed by atoms with Crippen LogP contribution in [0.15, 0.2) is 0 Å². The van der Waals surface area contributed by atoms with Gasteiger partial charge in [-0.15, -0.1) is 0 Å². The molecule has 23 heavy (non-hydrogen) atoms. The van der Waals surface area contributed by atoms with Gasteiger partial charge in [-0.05, 0) is 19.3 Å². The number of rotatable bonds is 6. The Balaban J connectivity index is 0. The van der Waals surface area contributed by atoms with E-state index in [2.05, 4.69) is 4.74 Å². The van der Waals surface area contributed by atoms with Crippen molar-refractivity contribution in [2.75, 3.05) is 6.61 Å². The maximum Gasteiger partial charge on any atom is 0.490 e. The largest absolute Gasteiger partial charge is 0.490 e. The van der Waals surface area contributed by atoms with Crippen LogP contribution in [0.1, 0.15) is 34.1 Å². The highest BCUT2D eigenvalue weighted by atomic mass is 19.4. The van der Waals surface area contributed by atoms with Crippen molar-refractivity contribution in [2.45, 2.75) is 51.9 Å². The zero-order valence-electron chi connectivity index (χ0n) is 13.3. The third kappa shape index (κ3) is 11.5. The molecule has 0 aliphatic heterocycles. The molecule has 0 heterocycles. The molecule has 0 aliphatic rings. The lowest BCUT2D eigenvalue weighted by Crippen LogP contribution is -2.50. The SMILES string of the molecule is CC(=O)OC[C@](C)(O)C(=O)[C@@H](N)CC(C)C.O=C(O)C(F)(F)F. The standard InChI is InChI=1S/C11H21NO4.C2HF3O2/c1-7(2)5-9(12)10(14)11(4,15)6-16-8(3)13;3-2(4,5)1(6)7/h7,9,15H,5-6,12H2,1-4H3;(H,6,7)/t9-,11-;/m0./s1. The van der Waals surface area contributed by atoms with Gasteiger partial charge in [0.2, 0.25) is 0 Å². The fraction of sp³-hybridized carbons (Fsp3) is 0.769. The maximum atomic E-state index is 11.7. The van der Waals surface area contributed by atoms with Crippen molar-refractivity contribution < 1.29 is 42.5 Å². The van der Waals surface area contributed by atoms with Crippen molar-refractivity contribution in [3.63, 3.8) is 0 Å². The fourth-order valence-corrected chi connectivity index (χ4v) is 1.33. The quantitative estimate of drug-likeness (QED) is 0.610. The van der Waals surface area contributed by atoms with E-state index in [1.54, 1.807) is 0 Å². The van der Waals surface area contributed by atoms with Crippen molar-refractivity contribution in [3.8, 4) is 0 Å². The molecule has 0 radical (unpaired) electrons. The Morgan fingerprint density at radius 1 is 1.22 bits per heavy atom. The first kappa shape index (κ1) is 23.6. The lowest BCUT2D eigenvalue weighted by Gasteiger charge is -2.25. The number of carboxylic acid groups (broad SMARTS) is 1. The van der Waals surface area contributed by atoms with Gasteiger partial charge in [0, 0.05) is 6.92 Å². The zero-order valence-corrected chi connectivity index (χ0v) is 13.3. The minimum Gasteiger partial charge on any atom is -0.475 e. The highest BCUT2D eigenvalue weighted by molar-refractivity contribution is 5.91. The first-order chi connectivity index (χ1) is 10.1. The van der Waals surface area contributed by atoms with Crippen molar-refractivity contribution in [3.05, 3.63) is 0 Å². The Labute approximate surface area is 131 Å². The summed E-state index contributed by atoms with van der Waals surface area (Å²) in [6.45, 7) is 6.04. The monoisotopic (exact) mass is 345 g/mol. The Kier molecular flexibility index (Phi) is 9.70. The number of carbonyl (C=O) groups excluding carboxylic acids is 2. The van der Waals surface area contributed by atoms with Crippen LogP contribution in [-0.4, -0.2) is 52.4 Å². The highest BCUT2D eigenvalue weighted by Crippen LogP contribution is 2.13. The molecule has 136 valence electrons. The summed E-state index contributed by atoms with van der Waals surface area (Å²) in [6.07, 6.45) is -4.59. The van der Waals surface area contributed by atoms with E-state index in [9.17, 15) is 27.9 Å². The van der Waals surface area contributed by atoms with E-state index in [-0.39, 0.29) is 12.5 Å². The number of nitrogens with two attached hydrogens (primary N) is 1. The summed E-state index contributed by atoms with van der Waals surface area (Å²) in [5.41, 5.74) is 3.95. The van der Waals surface area contributed by atoms with Gasteiger partial charge < -0.3 is 20.7 Å². The first-order valence-electron chi connectivity index (χ1n) is 6.57. The van der Waals surface area contributed by atoms with E-state index in [1.165, 1.54) is 13.8 Å². The molecule has 0 aromatic heterocycles. The number of esters is 1. The molecule has 0 saturated carbocycles. The van der Waals surface area contributed by atoms with Crippen molar-refractivity contribution in [1.29, 1.82) is 0 Å². The number of aliphatic hydroxyl groups is 1. The zero-order chi connectivity index (χ0) is 19.0. The van der Waals surface area contributed by atoms with Gasteiger partial charge in [-0.2, -0.15) is 13.2 Å². The maximum absolute atomic E-state index is 11.7. The number of carbonyl (C=O) groups is 3. The molecule has 7 nitrogen and oxygen atoms in total. The summed E-state index contributed by atoms with van der Waals surface area (Å²) in [6, 6.07) is -0.731. The summed E-state index contributed by atoms with van der Waals surface area (Å²) in [7, 11) is 0. The van der Waals surface area contributed by atoms with E-state index < -0.39 is 35.5 Å². The predicted octanol–water partition coefficient (Wildman–Crippen LogP) is 0.876. The Bertz CT molecular complexity index is 420. The van der Waals surface area contributed by atoms with Crippen LogP contribution < -0.4 is 5.73 Å². The van der Waals surface area contributed by atoms with Crippen molar-refractivity contribution >= 4 is 17.7 Å².